The van der Waals surface area contributed by atoms with Crippen LogP contribution in [0, 0.1) is 0 Å². The number of piperidine rings is 1. The number of quaternary nitrogens is 1. The van der Waals surface area contributed by atoms with Gasteiger partial charge in [-0.25, -0.2) is 0 Å². The van der Waals surface area contributed by atoms with E-state index in [2.05, 4.69) is 13.8 Å². The van der Waals surface area contributed by atoms with Gasteiger partial charge in [-0.3, -0.25) is 0 Å². The Morgan fingerprint density at radius 1 is 0.800 bits per heavy atom. The van der Waals surface area contributed by atoms with Crippen LogP contribution in [0.25, 0.3) is 0 Å². The van der Waals surface area contributed by atoms with Gasteiger partial charge in [-0.1, -0.05) is 26.7 Å². The lowest BCUT2D eigenvalue weighted by Crippen LogP contribution is -3.00. The molecule has 0 spiro atoms. The standard InChI is InChI=1S/C13H28N.FH/c1-3-5-10-14(11-6-4-2)12-8-7-9-13-14;/h3-13H2,1-2H3;1H/q+1;/p-1. The van der Waals surface area contributed by atoms with E-state index >= 15 is 0 Å². The highest BCUT2D eigenvalue weighted by atomic mass is 19.0. The van der Waals surface area contributed by atoms with Crippen molar-refractivity contribution < 1.29 is 9.19 Å². The lowest BCUT2D eigenvalue weighted by Gasteiger charge is -2.41. The normalized spacial score (nSPS) is 19.6. The molecule has 1 aliphatic heterocycles. The van der Waals surface area contributed by atoms with Crippen LogP contribution in [0.3, 0.4) is 0 Å². The zero-order chi connectivity index (χ0) is 10.3. The molecule has 0 N–H and O–H groups in total. The third kappa shape index (κ3) is 4.96. The Bertz CT molecular complexity index is 131. The summed E-state index contributed by atoms with van der Waals surface area (Å²) < 4.78 is 1.46. The third-order valence-corrected chi connectivity index (χ3v) is 3.74. The maximum atomic E-state index is 2.32. The van der Waals surface area contributed by atoms with E-state index in [1.54, 1.807) is 0 Å². The van der Waals surface area contributed by atoms with Crippen molar-refractivity contribution in [2.75, 3.05) is 26.2 Å². The van der Waals surface area contributed by atoms with Crippen LogP contribution in [0.1, 0.15) is 58.8 Å². The van der Waals surface area contributed by atoms with Gasteiger partial charge in [-0.15, -0.1) is 0 Å². The van der Waals surface area contributed by atoms with E-state index in [0.29, 0.717) is 0 Å². The Morgan fingerprint density at radius 2 is 1.27 bits per heavy atom. The van der Waals surface area contributed by atoms with E-state index in [1.807, 2.05) is 0 Å². The van der Waals surface area contributed by atoms with Crippen molar-refractivity contribution >= 4 is 0 Å². The van der Waals surface area contributed by atoms with Gasteiger partial charge in [0.25, 0.3) is 0 Å². The lowest BCUT2D eigenvalue weighted by atomic mass is 10.1. The predicted octanol–water partition coefficient (Wildman–Crippen LogP) is 0.591. The van der Waals surface area contributed by atoms with Crippen LogP contribution in [-0.4, -0.2) is 30.7 Å². The van der Waals surface area contributed by atoms with Crippen LogP contribution in [-0.2, 0) is 0 Å². The summed E-state index contributed by atoms with van der Waals surface area (Å²) >= 11 is 0. The largest absolute Gasteiger partial charge is 1.00 e. The molecule has 1 saturated heterocycles. The van der Waals surface area contributed by atoms with Crippen molar-refractivity contribution in [3.8, 4) is 0 Å². The molecule has 0 aromatic rings. The van der Waals surface area contributed by atoms with Crippen LogP contribution in [0.4, 0.5) is 0 Å². The average molecular weight is 217 g/mol. The zero-order valence-corrected chi connectivity index (χ0v) is 10.6. The van der Waals surface area contributed by atoms with Crippen LogP contribution >= 0.6 is 0 Å². The Labute approximate surface area is 94.8 Å². The van der Waals surface area contributed by atoms with Gasteiger partial charge in [0, 0.05) is 0 Å². The van der Waals surface area contributed by atoms with Crippen molar-refractivity contribution in [2.45, 2.75) is 58.8 Å². The zero-order valence-electron chi connectivity index (χ0n) is 10.6. The van der Waals surface area contributed by atoms with Gasteiger partial charge in [-0.2, -0.15) is 0 Å². The monoisotopic (exact) mass is 217 g/mol. The van der Waals surface area contributed by atoms with Gasteiger partial charge in [-0.05, 0) is 32.1 Å². The molecule has 0 aromatic heterocycles. The van der Waals surface area contributed by atoms with Gasteiger partial charge in [0.05, 0.1) is 26.2 Å². The van der Waals surface area contributed by atoms with Crippen LogP contribution < -0.4 is 4.70 Å². The summed E-state index contributed by atoms with van der Waals surface area (Å²) in [6, 6.07) is 0. The second kappa shape index (κ2) is 8.09. The molecule has 1 rings (SSSR count). The molecule has 0 atom stereocenters. The van der Waals surface area contributed by atoms with Crippen molar-refractivity contribution in [2.24, 2.45) is 0 Å². The second-order valence-electron chi connectivity index (χ2n) is 5.00. The van der Waals surface area contributed by atoms with Gasteiger partial charge in [0.15, 0.2) is 0 Å². The van der Waals surface area contributed by atoms with Crippen molar-refractivity contribution in [1.29, 1.82) is 0 Å². The van der Waals surface area contributed by atoms with E-state index in [9.17, 15) is 0 Å². The average Bonchev–Trinajstić information content (AvgIpc) is 2.25. The molecule has 0 saturated carbocycles. The molecule has 15 heavy (non-hydrogen) atoms. The number of halogens is 1. The quantitative estimate of drug-likeness (QED) is 0.571. The predicted molar refractivity (Wildman–Crippen MR) is 63.4 cm³/mol. The molecule has 1 fully saturated rings. The molecule has 0 aliphatic carbocycles. The first kappa shape index (κ1) is 14.9. The minimum Gasteiger partial charge on any atom is -1.00 e. The summed E-state index contributed by atoms with van der Waals surface area (Å²) in [7, 11) is 0. The first-order valence-electron chi connectivity index (χ1n) is 6.68. The molecule has 0 unspecified atom stereocenters. The topological polar surface area (TPSA) is 0 Å². The minimum atomic E-state index is 0. The number of likely N-dealkylation sites (tertiary alicyclic amines) is 1. The molecule has 0 aromatic carbocycles. The maximum Gasteiger partial charge on any atom is 0.0786 e. The van der Waals surface area contributed by atoms with Crippen LogP contribution in [0.15, 0.2) is 0 Å². The molecular weight excluding hydrogens is 189 g/mol. The highest BCUT2D eigenvalue weighted by molar-refractivity contribution is 4.55. The number of rotatable bonds is 6. The fourth-order valence-corrected chi connectivity index (χ4v) is 2.73. The Hall–Kier alpha value is -0.110. The van der Waals surface area contributed by atoms with E-state index in [0.717, 1.165) is 0 Å². The number of nitrogens with zero attached hydrogens (tertiary/aromatic N) is 1. The summed E-state index contributed by atoms with van der Waals surface area (Å²) in [5, 5.41) is 0. The van der Waals surface area contributed by atoms with Crippen molar-refractivity contribution in [1.82, 2.24) is 0 Å². The van der Waals surface area contributed by atoms with Gasteiger partial charge in [0.2, 0.25) is 0 Å². The van der Waals surface area contributed by atoms with E-state index < -0.39 is 0 Å². The first-order chi connectivity index (χ1) is 6.83. The number of hydrogen-bond donors (Lipinski definition) is 0. The molecule has 1 heterocycles. The summed E-state index contributed by atoms with van der Waals surface area (Å²) in [5.74, 6) is 0. The Balaban J connectivity index is 0.00000196. The van der Waals surface area contributed by atoms with Gasteiger partial charge in [0.1, 0.15) is 0 Å². The lowest BCUT2D eigenvalue weighted by molar-refractivity contribution is -0.932. The molecule has 0 amide bonds. The fraction of sp³-hybridized carbons (Fsp3) is 1.00. The smallest absolute Gasteiger partial charge is 0.0786 e. The van der Waals surface area contributed by atoms with E-state index in [-0.39, 0.29) is 4.70 Å². The van der Waals surface area contributed by atoms with E-state index in [1.165, 1.54) is 75.6 Å². The summed E-state index contributed by atoms with van der Waals surface area (Å²) in [6.07, 6.45) is 10.0. The summed E-state index contributed by atoms with van der Waals surface area (Å²) in [5.41, 5.74) is 0. The molecular formula is C13H28FN. The molecule has 0 bridgehead atoms. The minimum absolute atomic E-state index is 0. The Morgan fingerprint density at radius 3 is 1.67 bits per heavy atom. The fourth-order valence-electron chi connectivity index (χ4n) is 2.73. The molecule has 92 valence electrons. The highest BCUT2D eigenvalue weighted by Crippen LogP contribution is 2.21. The van der Waals surface area contributed by atoms with Gasteiger partial charge < -0.3 is 9.19 Å². The van der Waals surface area contributed by atoms with E-state index in [4.69, 9.17) is 0 Å². The third-order valence-electron chi connectivity index (χ3n) is 3.74. The Kier molecular flexibility index (Phi) is 8.03. The molecule has 1 aliphatic rings. The molecule has 0 radical (unpaired) electrons. The number of unbranched alkanes of at least 4 members (excludes halogenated alkanes) is 2. The second-order valence-corrected chi connectivity index (χ2v) is 5.00. The van der Waals surface area contributed by atoms with Crippen molar-refractivity contribution in [3.63, 3.8) is 0 Å². The highest BCUT2D eigenvalue weighted by Gasteiger charge is 2.28. The first-order valence-corrected chi connectivity index (χ1v) is 6.68. The summed E-state index contributed by atoms with van der Waals surface area (Å²) in [4.78, 5) is 0. The summed E-state index contributed by atoms with van der Waals surface area (Å²) in [6.45, 7) is 10.5. The van der Waals surface area contributed by atoms with Crippen LogP contribution in [0.5, 0.6) is 0 Å². The SMILES string of the molecule is CCCC[N+]1(CCCC)CCCCC1.[F-]. The van der Waals surface area contributed by atoms with Crippen LogP contribution in [0.2, 0.25) is 0 Å². The van der Waals surface area contributed by atoms with Crippen molar-refractivity contribution in [3.05, 3.63) is 0 Å². The molecule has 1 nitrogen and oxygen atoms in total. The maximum absolute atomic E-state index is 2.32. The molecule has 2 heteroatoms. The number of hydrogen-bond acceptors (Lipinski definition) is 0. The van der Waals surface area contributed by atoms with Gasteiger partial charge >= 0.3 is 0 Å².